The van der Waals surface area contributed by atoms with Gasteiger partial charge in [-0.3, -0.25) is 4.79 Å². The van der Waals surface area contributed by atoms with Crippen molar-refractivity contribution >= 4 is 40.5 Å². The minimum Gasteiger partial charge on any atom is -0.364 e. The van der Waals surface area contributed by atoms with Gasteiger partial charge in [0.15, 0.2) is 5.69 Å². The van der Waals surface area contributed by atoms with Crippen LogP contribution < -0.4 is 11.1 Å². The molecule has 2 aromatic carbocycles. The quantitative estimate of drug-likeness (QED) is 0.438. The Morgan fingerprint density at radius 1 is 1.06 bits per heavy atom. The van der Waals surface area contributed by atoms with Crippen LogP contribution in [0, 0.1) is 13.8 Å². The predicted molar refractivity (Wildman–Crippen MR) is 122 cm³/mol. The number of anilines is 2. The third-order valence-corrected chi connectivity index (χ3v) is 5.52. The Labute approximate surface area is 188 Å². The van der Waals surface area contributed by atoms with Crippen LogP contribution in [0.4, 0.5) is 11.4 Å². The lowest BCUT2D eigenvalue weighted by Crippen LogP contribution is -2.14. The van der Waals surface area contributed by atoms with Crippen molar-refractivity contribution in [2.45, 2.75) is 13.8 Å². The van der Waals surface area contributed by atoms with Gasteiger partial charge in [0, 0.05) is 11.3 Å². The van der Waals surface area contributed by atoms with Gasteiger partial charge in [0.2, 0.25) is 0 Å². The van der Waals surface area contributed by atoms with Crippen LogP contribution in [0.3, 0.4) is 0 Å². The van der Waals surface area contributed by atoms with Gasteiger partial charge in [-0.15, -0.1) is 0 Å². The molecule has 0 unspecified atom stereocenters. The first-order valence-electron chi connectivity index (χ1n) is 9.35. The summed E-state index contributed by atoms with van der Waals surface area (Å²) in [6, 6.07) is 12.7. The molecule has 0 fully saturated rings. The van der Waals surface area contributed by atoms with Gasteiger partial charge in [0.25, 0.3) is 5.91 Å². The van der Waals surface area contributed by atoms with E-state index in [0.29, 0.717) is 21.4 Å². The summed E-state index contributed by atoms with van der Waals surface area (Å²) < 4.78 is 1.44. The van der Waals surface area contributed by atoms with Crippen molar-refractivity contribution in [2.75, 3.05) is 5.32 Å². The van der Waals surface area contributed by atoms with Crippen LogP contribution in [-0.2, 0) is 0 Å². The number of para-hydroxylation sites is 1. The van der Waals surface area contributed by atoms with Crippen molar-refractivity contribution in [1.82, 2.24) is 20.0 Å². The molecule has 4 rings (SSSR count). The molecular formula is C22H18Cl2N6O. The minimum absolute atomic E-state index is 0.0699. The summed E-state index contributed by atoms with van der Waals surface area (Å²) in [5.74, 6) is -0.674. The second kappa shape index (κ2) is 8.37. The summed E-state index contributed by atoms with van der Waals surface area (Å²) in [5, 5.41) is 16.5. The average Bonchev–Trinajstić information content (AvgIpc) is 3.14. The number of amides is 1. The fourth-order valence-electron chi connectivity index (χ4n) is 3.14. The standard InChI is InChI=1S/C22H18Cl2N6O/c1-12-10-26-28-19(13(12)2)14-6-8-15(9-7-14)27-18-11-30(29-20(18)22(25)31)21-16(23)4-3-5-17(21)24/h3-11,27H,1-2H3,(H2,25,31). The maximum absolute atomic E-state index is 12.0. The molecule has 9 heteroatoms. The zero-order valence-electron chi connectivity index (χ0n) is 16.7. The van der Waals surface area contributed by atoms with Crippen molar-refractivity contribution in [3.8, 4) is 16.9 Å². The van der Waals surface area contributed by atoms with Crippen molar-refractivity contribution in [1.29, 1.82) is 0 Å². The third-order valence-electron chi connectivity index (χ3n) is 4.91. The summed E-state index contributed by atoms with van der Waals surface area (Å²) in [4.78, 5) is 12.0. The highest BCUT2D eigenvalue weighted by Gasteiger charge is 2.18. The first-order valence-corrected chi connectivity index (χ1v) is 10.1. The van der Waals surface area contributed by atoms with Crippen LogP contribution >= 0.6 is 23.2 Å². The summed E-state index contributed by atoms with van der Waals surface area (Å²) in [6.07, 6.45) is 3.36. The van der Waals surface area contributed by atoms with E-state index in [1.54, 1.807) is 30.6 Å². The normalized spacial score (nSPS) is 10.8. The van der Waals surface area contributed by atoms with E-state index >= 15 is 0 Å². The van der Waals surface area contributed by atoms with Crippen LogP contribution in [0.5, 0.6) is 0 Å². The van der Waals surface area contributed by atoms with Gasteiger partial charge in [-0.25, -0.2) is 4.68 Å². The molecule has 7 nitrogen and oxygen atoms in total. The second-order valence-electron chi connectivity index (χ2n) is 6.97. The molecule has 0 saturated carbocycles. The second-order valence-corrected chi connectivity index (χ2v) is 7.79. The molecule has 0 radical (unpaired) electrons. The number of nitrogens with one attached hydrogen (secondary N) is 1. The van der Waals surface area contributed by atoms with Crippen molar-refractivity contribution < 1.29 is 4.79 Å². The molecule has 0 aliphatic heterocycles. The highest BCUT2D eigenvalue weighted by atomic mass is 35.5. The number of rotatable bonds is 5. The van der Waals surface area contributed by atoms with Crippen molar-refractivity contribution in [3.63, 3.8) is 0 Å². The smallest absolute Gasteiger partial charge is 0.271 e. The largest absolute Gasteiger partial charge is 0.364 e. The molecule has 2 aromatic heterocycles. The number of carbonyl (C=O) groups is 1. The van der Waals surface area contributed by atoms with Crippen LogP contribution in [0.25, 0.3) is 16.9 Å². The predicted octanol–water partition coefficient (Wildman–Crippen LogP) is 5.10. The number of benzene rings is 2. The van der Waals surface area contributed by atoms with Gasteiger partial charge in [-0.2, -0.15) is 15.3 Å². The molecule has 0 bridgehead atoms. The number of aromatic nitrogens is 4. The molecule has 0 aliphatic rings. The first-order chi connectivity index (χ1) is 14.8. The zero-order valence-corrected chi connectivity index (χ0v) is 18.2. The molecule has 4 aromatic rings. The molecule has 0 aliphatic carbocycles. The average molecular weight is 453 g/mol. The van der Waals surface area contributed by atoms with Crippen LogP contribution in [0.2, 0.25) is 10.0 Å². The van der Waals surface area contributed by atoms with E-state index in [-0.39, 0.29) is 5.69 Å². The van der Waals surface area contributed by atoms with Crippen molar-refractivity contribution in [3.05, 3.63) is 81.7 Å². The Hall–Kier alpha value is -3.42. The molecule has 0 atom stereocenters. The Morgan fingerprint density at radius 3 is 2.39 bits per heavy atom. The van der Waals surface area contributed by atoms with Gasteiger partial charge < -0.3 is 11.1 Å². The van der Waals surface area contributed by atoms with Gasteiger partial charge >= 0.3 is 0 Å². The number of halogens is 2. The van der Waals surface area contributed by atoms with Gasteiger partial charge in [-0.05, 0) is 49.2 Å². The number of primary amides is 1. The highest BCUT2D eigenvalue weighted by Crippen LogP contribution is 2.31. The summed E-state index contributed by atoms with van der Waals surface area (Å²) in [7, 11) is 0. The fourth-order valence-corrected chi connectivity index (χ4v) is 3.71. The number of nitrogens with zero attached hydrogens (tertiary/aromatic N) is 4. The minimum atomic E-state index is -0.674. The van der Waals surface area contributed by atoms with E-state index in [2.05, 4.69) is 20.6 Å². The first kappa shape index (κ1) is 20.8. The maximum Gasteiger partial charge on any atom is 0.271 e. The Kier molecular flexibility index (Phi) is 5.63. The lowest BCUT2D eigenvalue weighted by molar-refractivity contribution is 0.0996. The molecule has 3 N–H and O–H groups in total. The van der Waals surface area contributed by atoms with E-state index in [1.807, 2.05) is 38.1 Å². The molecule has 156 valence electrons. The van der Waals surface area contributed by atoms with E-state index in [1.165, 1.54) is 4.68 Å². The Balaban J connectivity index is 1.67. The number of carbonyl (C=O) groups excluding carboxylic acids is 1. The third kappa shape index (κ3) is 4.10. The lowest BCUT2D eigenvalue weighted by Gasteiger charge is -2.09. The number of hydrogen-bond acceptors (Lipinski definition) is 5. The van der Waals surface area contributed by atoms with Crippen molar-refractivity contribution in [2.24, 2.45) is 5.73 Å². The maximum atomic E-state index is 12.0. The summed E-state index contributed by atoms with van der Waals surface area (Å²) in [6.45, 7) is 4.01. The molecule has 0 saturated heterocycles. The van der Waals surface area contributed by atoms with Gasteiger partial charge in [0.05, 0.1) is 33.8 Å². The molecular weight excluding hydrogens is 435 g/mol. The SMILES string of the molecule is Cc1cnnc(-c2ccc(Nc3cn(-c4c(Cl)cccc4Cl)nc3C(N)=O)cc2)c1C. The van der Waals surface area contributed by atoms with E-state index in [9.17, 15) is 4.79 Å². The van der Waals surface area contributed by atoms with E-state index in [4.69, 9.17) is 28.9 Å². The number of nitrogens with two attached hydrogens (primary N) is 1. The molecule has 2 heterocycles. The fraction of sp³-hybridized carbons (Fsp3) is 0.0909. The zero-order chi connectivity index (χ0) is 22.1. The van der Waals surface area contributed by atoms with Gasteiger partial charge in [-0.1, -0.05) is 41.4 Å². The highest BCUT2D eigenvalue weighted by molar-refractivity contribution is 6.37. The Bertz CT molecular complexity index is 1260. The van der Waals surface area contributed by atoms with E-state index < -0.39 is 5.91 Å². The van der Waals surface area contributed by atoms with Gasteiger partial charge in [0.1, 0.15) is 5.69 Å². The number of aryl methyl sites for hydroxylation is 1. The van der Waals surface area contributed by atoms with Crippen LogP contribution in [0.15, 0.2) is 54.9 Å². The number of hydrogen-bond donors (Lipinski definition) is 2. The van der Waals surface area contributed by atoms with Crippen LogP contribution in [0.1, 0.15) is 21.6 Å². The summed E-state index contributed by atoms with van der Waals surface area (Å²) in [5.41, 5.74) is 11.2. The Morgan fingerprint density at radius 2 is 1.74 bits per heavy atom. The summed E-state index contributed by atoms with van der Waals surface area (Å²) >= 11 is 12.5. The van der Waals surface area contributed by atoms with E-state index in [0.717, 1.165) is 28.1 Å². The lowest BCUT2D eigenvalue weighted by atomic mass is 10.0. The molecule has 31 heavy (non-hydrogen) atoms. The monoisotopic (exact) mass is 452 g/mol. The molecule has 0 spiro atoms. The molecule has 1 amide bonds. The topological polar surface area (TPSA) is 98.7 Å². The van der Waals surface area contributed by atoms with Crippen LogP contribution in [-0.4, -0.2) is 25.9 Å².